The highest BCUT2D eigenvalue weighted by atomic mass is 35.5. The van der Waals surface area contributed by atoms with E-state index >= 15 is 0 Å². The van der Waals surface area contributed by atoms with Crippen molar-refractivity contribution in [3.05, 3.63) is 28.5 Å². The molecular formula is C10H13ClF2N2. The van der Waals surface area contributed by atoms with E-state index in [4.69, 9.17) is 17.3 Å². The van der Waals surface area contributed by atoms with E-state index in [1.54, 1.807) is 19.1 Å². The number of halogens is 3. The summed E-state index contributed by atoms with van der Waals surface area (Å²) in [5.41, 5.74) is 5.32. The molecule has 0 aliphatic carbocycles. The summed E-state index contributed by atoms with van der Waals surface area (Å²) in [6.45, 7) is 3.08. The molecule has 0 radical (unpaired) electrons. The van der Waals surface area contributed by atoms with E-state index < -0.39 is 12.0 Å². The van der Waals surface area contributed by atoms with Crippen LogP contribution in [0.4, 0.5) is 8.78 Å². The molecule has 1 rings (SSSR count). The third-order valence-electron chi connectivity index (χ3n) is 2.07. The van der Waals surface area contributed by atoms with Crippen molar-refractivity contribution in [1.29, 1.82) is 0 Å². The average Bonchev–Trinajstić information content (AvgIpc) is 1.99. The van der Waals surface area contributed by atoms with Crippen LogP contribution in [0.5, 0.6) is 0 Å². The first-order valence-electron chi connectivity index (χ1n) is 4.51. The van der Waals surface area contributed by atoms with Crippen LogP contribution in [0.2, 0.25) is 5.15 Å². The Morgan fingerprint density at radius 2 is 2.13 bits per heavy atom. The fourth-order valence-corrected chi connectivity index (χ4v) is 1.59. The van der Waals surface area contributed by atoms with Crippen LogP contribution >= 0.6 is 11.6 Å². The van der Waals surface area contributed by atoms with Crippen molar-refractivity contribution in [2.75, 3.05) is 0 Å². The van der Waals surface area contributed by atoms with Gasteiger partial charge in [0.25, 0.3) is 6.43 Å². The van der Waals surface area contributed by atoms with Crippen molar-refractivity contribution >= 4 is 11.6 Å². The van der Waals surface area contributed by atoms with Crippen LogP contribution < -0.4 is 5.73 Å². The van der Waals surface area contributed by atoms with Gasteiger partial charge in [-0.25, -0.2) is 13.8 Å². The molecule has 0 spiro atoms. The summed E-state index contributed by atoms with van der Waals surface area (Å²) in [6, 6.07) is 3.27. The highest BCUT2D eigenvalue weighted by Crippen LogP contribution is 2.20. The number of rotatable bonds is 3. The first-order valence-corrected chi connectivity index (χ1v) is 4.89. The molecule has 0 bridgehead atoms. The second-order valence-corrected chi connectivity index (χ2v) is 4.31. The zero-order valence-electron chi connectivity index (χ0n) is 8.60. The van der Waals surface area contributed by atoms with Gasteiger partial charge in [-0.3, -0.25) is 0 Å². The smallest absolute Gasteiger partial charge is 0.256 e. The van der Waals surface area contributed by atoms with Crippen molar-refractivity contribution in [1.82, 2.24) is 4.98 Å². The predicted molar refractivity (Wildman–Crippen MR) is 56.3 cm³/mol. The van der Waals surface area contributed by atoms with Crippen LogP contribution in [0.1, 0.15) is 18.2 Å². The second kappa shape index (κ2) is 4.41. The van der Waals surface area contributed by atoms with Gasteiger partial charge in [-0.2, -0.15) is 0 Å². The summed E-state index contributed by atoms with van der Waals surface area (Å²) >= 11 is 5.72. The molecule has 0 amide bonds. The Hall–Kier alpha value is -0.740. The zero-order valence-corrected chi connectivity index (χ0v) is 9.35. The Balaban J connectivity index is 2.89. The SMILES string of the molecule is Cc1cc(CC(C)(N)C(F)F)cc(Cl)n1. The molecule has 2 nitrogen and oxygen atoms in total. The molecule has 1 aromatic heterocycles. The van der Waals surface area contributed by atoms with Gasteiger partial charge in [-0.1, -0.05) is 11.6 Å². The molecule has 0 saturated carbocycles. The number of nitrogens with zero attached hydrogens (tertiary/aromatic N) is 1. The summed E-state index contributed by atoms with van der Waals surface area (Å²) in [5, 5.41) is 0.301. The zero-order chi connectivity index (χ0) is 11.6. The maximum atomic E-state index is 12.5. The summed E-state index contributed by atoms with van der Waals surface area (Å²) in [7, 11) is 0. The normalized spacial score (nSPS) is 15.4. The first-order chi connectivity index (χ1) is 6.81. The van der Waals surface area contributed by atoms with Gasteiger partial charge in [-0.15, -0.1) is 0 Å². The van der Waals surface area contributed by atoms with Crippen molar-refractivity contribution in [2.45, 2.75) is 32.2 Å². The van der Waals surface area contributed by atoms with E-state index in [1.807, 2.05) is 0 Å². The van der Waals surface area contributed by atoms with Gasteiger partial charge in [0.2, 0.25) is 0 Å². The number of alkyl halides is 2. The fraction of sp³-hybridized carbons (Fsp3) is 0.500. The van der Waals surface area contributed by atoms with E-state index in [0.29, 0.717) is 16.4 Å². The van der Waals surface area contributed by atoms with Crippen LogP contribution in [0.3, 0.4) is 0 Å². The van der Waals surface area contributed by atoms with Crippen LogP contribution in [0.25, 0.3) is 0 Å². The monoisotopic (exact) mass is 234 g/mol. The van der Waals surface area contributed by atoms with Crippen molar-refractivity contribution < 1.29 is 8.78 Å². The van der Waals surface area contributed by atoms with E-state index in [-0.39, 0.29) is 6.42 Å². The predicted octanol–water partition coefficient (Wildman–Crippen LogP) is 2.57. The maximum absolute atomic E-state index is 12.5. The number of pyridine rings is 1. The summed E-state index contributed by atoms with van der Waals surface area (Å²) < 4.78 is 25.1. The number of aromatic nitrogens is 1. The van der Waals surface area contributed by atoms with E-state index in [1.165, 1.54) is 6.92 Å². The molecule has 0 aliphatic heterocycles. The van der Waals surface area contributed by atoms with Gasteiger partial charge in [0.15, 0.2) is 0 Å². The quantitative estimate of drug-likeness (QED) is 0.817. The Labute approximate surface area is 92.4 Å². The largest absolute Gasteiger partial charge is 0.320 e. The molecule has 5 heteroatoms. The minimum absolute atomic E-state index is 0.0771. The summed E-state index contributed by atoms with van der Waals surface area (Å²) in [5.74, 6) is 0. The third kappa shape index (κ3) is 3.39. The van der Waals surface area contributed by atoms with Gasteiger partial charge < -0.3 is 5.73 Å². The minimum atomic E-state index is -2.57. The molecule has 0 aromatic carbocycles. The Morgan fingerprint density at radius 1 is 1.53 bits per heavy atom. The lowest BCUT2D eigenvalue weighted by Crippen LogP contribution is -2.45. The average molecular weight is 235 g/mol. The molecule has 1 atom stereocenters. The van der Waals surface area contributed by atoms with Gasteiger partial charge in [0.1, 0.15) is 5.15 Å². The standard InChI is InChI=1S/C10H13ClF2N2/c1-6-3-7(4-8(11)15-6)5-10(2,14)9(12)13/h3-4,9H,5,14H2,1-2H3. The number of hydrogen-bond donors (Lipinski definition) is 1. The first kappa shape index (κ1) is 12.3. The molecule has 2 N–H and O–H groups in total. The molecule has 1 unspecified atom stereocenters. The minimum Gasteiger partial charge on any atom is -0.320 e. The third-order valence-corrected chi connectivity index (χ3v) is 2.26. The van der Waals surface area contributed by atoms with E-state index in [0.717, 1.165) is 0 Å². The highest BCUT2D eigenvalue weighted by Gasteiger charge is 2.30. The van der Waals surface area contributed by atoms with Crippen molar-refractivity contribution in [2.24, 2.45) is 5.73 Å². The number of nitrogens with two attached hydrogens (primary N) is 1. The Morgan fingerprint density at radius 3 is 2.60 bits per heavy atom. The van der Waals surface area contributed by atoms with Crippen LogP contribution in [-0.4, -0.2) is 16.9 Å². The summed E-state index contributed by atoms with van der Waals surface area (Å²) in [6.07, 6.45) is -2.49. The van der Waals surface area contributed by atoms with Crippen LogP contribution in [0, 0.1) is 6.92 Å². The molecule has 0 aliphatic rings. The summed E-state index contributed by atoms with van der Waals surface area (Å²) in [4.78, 5) is 3.95. The van der Waals surface area contributed by atoms with Gasteiger partial charge in [0, 0.05) is 5.69 Å². The van der Waals surface area contributed by atoms with E-state index in [9.17, 15) is 8.78 Å². The number of hydrogen-bond acceptors (Lipinski definition) is 2. The topological polar surface area (TPSA) is 38.9 Å². The molecular weight excluding hydrogens is 222 g/mol. The lowest BCUT2D eigenvalue weighted by molar-refractivity contribution is 0.0639. The van der Waals surface area contributed by atoms with Gasteiger partial charge >= 0.3 is 0 Å². The fourth-order valence-electron chi connectivity index (χ4n) is 1.32. The molecule has 1 heterocycles. The molecule has 0 fully saturated rings. The Kier molecular flexibility index (Phi) is 3.62. The van der Waals surface area contributed by atoms with Crippen LogP contribution in [0.15, 0.2) is 12.1 Å². The lowest BCUT2D eigenvalue weighted by atomic mass is 9.95. The molecule has 0 saturated heterocycles. The van der Waals surface area contributed by atoms with Gasteiger partial charge in [0.05, 0.1) is 5.54 Å². The van der Waals surface area contributed by atoms with Crippen molar-refractivity contribution in [3.63, 3.8) is 0 Å². The van der Waals surface area contributed by atoms with Gasteiger partial charge in [-0.05, 0) is 38.0 Å². The Bertz CT molecular complexity index is 333. The highest BCUT2D eigenvalue weighted by molar-refractivity contribution is 6.29. The lowest BCUT2D eigenvalue weighted by Gasteiger charge is -2.23. The van der Waals surface area contributed by atoms with Crippen LogP contribution in [-0.2, 0) is 6.42 Å². The maximum Gasteiger partial charge on any atom is 0.256 e. The number of aryl methyl sites for hydroxylation is 1. The van der Waals surface area contributed by atoms with E-state index in [2.05, 4.69) is 4.98 Å². The molecule has 84 valence electrons. The molecule has 15 heavy (non-hydrogen) atoms. The van der Waals surface area contributed by atoms with Crippen molar-refractivity contribution in [3.8, 4) is 0 Å². The second-order valence-electron chi connectivity index (χ2n) is 3.92. The molecule has 1 aromatic rings.